The lowest BCUT2D eigenvalue weighted by Crippen LogP contribution is -2.44. The molecule has 0 aromatic carbocycles. The lowest BCUT2D eigenvalue weighted by Gasteiger charge is -2.31. The van der Waals surface area contributed by atoms with Crippen molar-refractivity contribution in [1.29, 1.82) is 0 Å². The number of piperidine rings is 1. The SMILES string of the molecule is CCOC1CC1C(=O)N(C)C1CCNCC1.Cl. The largest absolute Gasteiger partial charge is 0.378 e. The average molecular weight is 263 g/mol. The number of hydrogen-bond donors (Lipinski definition) is 1. The van der Waals surface area contributed by atoms with E-state index in [1.165, 1.54) is 0 Å². The molecule has 100 valence electrons. The fourth-order valence-corrected chi connectivity index (χ4v) is 2.47. The summed E-state index contributed by atoms with van der Waals surface area (Å²) in [7, 11) is 1.94. The molecule has 2 atom stereocenters. The van der Waals surface area contributed by atoms with Gasteiger partial charge in [0, 0.05) is 19.7 Å². The van der Waals surface area contributed by atoms with E-state index in [1.54, 1.807) is 0 Å². The monoisotopic (exact) mass is 262 g/mol. The maximum Gasteiger partial charge on any atom is 0.228 e. The third kappa shape index (κ3) is 3.57. The third-order valence-corrected chi connectivity index (χ3v) is 3.63. The first-order chi connectivity index (χ1) is 7.74. The van der Waals surface area contributed by atoms with Crippen LogP contribution in [0.2, 0.25) is 0 Å². The van der Waals surface area contributed by atoms with Crippen LogP contribution in [0.4, 0.5) is 0 Å². The number of carbonyl (C=O) groups excluding carboxylic acids is 1. The van der Waals surface area contributed by atoms with Gasteiger partial charge in [0.1, 0.15) is 0 Å². The lowest BCUT2D eigenvalue weighted by molar-refractivity contribution is -0.134. The van der Waals surface area contributed by atoms with Crippen molar-refractivity contribution in [2.75, 3.05) is 26.7 Å². The average Bonchev–Trinajstić information content (AvgIpc) is 3.08. The molecule has 2 rings (SSSR count). The summed E-state index contributed by atoms with van der Waals surface area (Å²) < 4.78 is 5.46. The van der Waals surface area contributed by atoms with Crippen molar-refractivity contribution < 1.29 is 9.53 Å². The molecule has 0 aromatic rings. The minimum Gasteiger partial charge on any atom is -0.378 e. The first-order valence-corrected chi connectivity index (χ1v) is 6.33. The molecule has 1 heterocycles. The molecule has 2 unspecified atom stereocenters. The standard InChI is InChI=1S/C12H22N2O2.ClH/c1-3-16-11-8-10(11)12(15)14(2)9-4-6-13-7-5-9;/h9-11,13H,3-8H2,1-2H3;1H. The number of amides is 1. The minimum atomic E-state index is 0. The molecule has 17 heavy (non-hydrogen) atoms. The van der Waals surface area contributed by atoms with E-state index in [4.69, 9.17) is 4.74 Å². The molecule has 2 aliphatic rings. The van der Waals surface area contributed by atoms with E-state index >= 15 is 0 Å². The number of rotatable bonds is 4. The molecule has 2 fully saturated rings. The molecule has 1 N–H and O–H groups in total. The summed E-state index contributed by atoms with van der Waals surface area (Å²) in [5, 5.41) is 3.32. The smallest absolute Gasteiger partial charge is 0.228 e. The highest BCUT2D eigenvalue weighted by Gasteiger charge is 2.46. The van der Waals surface area contributed by atoms with E-state index in [9.17, 15) is 4.79 Å². The van der Waals surface area contributed by atoms with Crippen LogP contribution in [0.25, 0.3) is 0 Å². The van der Waals surface area contributed by atoms with Crippen LogP contribution in [0.15, 0.2) is 0 Å². The fourth-order valence-electron chi connectivity index (χ4n) is 2.47. The van der Waals surface area contributed by atoms with Crippen LogP contribution < -0.4 is 5.32 Å². The summed E-state index contributed by atoms with van der Waals surface area (Å²) in [6.45, 7) is 4.76. The molecule has 4 nitrogen and oxygen atoms in total. The number of ether oxygens (including phenoxy) is 1. The van der Waals surface area contributed by atoms with Crippen molar-refractivity contribution in [3.63, 3.8) is 0 Å². The molecule has 0 bridgehead atoms. The second kappa shape index (κ2) is 6.57. The number of nitrogens with one attached hydrogen (secondary N) is 1. The molecule has 0 spiro atoms. The maximum atomic E-state index is 12.1. The Kier molecular flexibility index (Phi) is 5.70. The molecule has 1 amide bonds. The minimum absolute atomic E-state index is 0. The molecule has 1 saturated heterocycles. The summed E-state index contributed by atoms with van der Waals surface area (Å²) in [4.78, 5) is 14.1. The van der Waals surface area contributed by atoms with Crippen LogP contribution >= 0.6 is 12.4 Å². The van der Waals surface area contributed by atoms with Crippen LogP contribution in [0, 0.1) is 5.92 Å². The van der Waals surface area contributed by atoms with Crippen molar-refractivity contribution >= 4 is 18.3 Å². The number of hydrogen-bond acceptors (Lipinski definition) is 3. The van der Waals surface area contributed by atoms with Crippen molar-refractivity contribution in [3.05, 3.63) is 0 Å². The van der Waals surface area contributed by atoms with E-state index in [2.05, 4.69) is 5.32 Å². The molecule has 0 radical (unpaired) electrons. The summed E-state index contributed by atoms with van der Waals surface area (Å²) in [6.07, 6.45) is 3.27. The van der Waals surface area contributed by atoms with Gasteiger partial charge in [0.25, 0.3) is 0 Å². The second-order valence-electron chi connectivity index (χ2n) is 4.77. The number of carbonyl (C=O) groups is 1. The Bertz CT molecular complexity index is 257. The molecule has 1 aliphatic heterocycles. The lowest BCUT2D eigenvalue weighted by atomic mass is 10.0. The first kappa shape index (κ1) is 14.7. The fraction of sp³-hybridized carbons (Fsp3) is 0.917. The van der Waals surface area contributed by atoms with E-state index in [0.717, 1.165) is 32.4 Å². The molecular weight excluding hydrogens is 240 g/mol. The van der Waals surface area contributed by atoms with Crippen LogP contribution in [0.5, 0.6) is 0 Å². The van der Waals surface area contributed by atoms with Gasteiger partial charge in [-0.3, -0.25) is 4.79 Å². The predicted octanol–water partition coefficient (Wildman–Crippen LogP) is 1.04. The Morgan fingerprint density at radius 2 is 2.06 bits per heavy atom. The molecule has 0 aromatic heterocycles. The summed E-state index contributed by atoms with van der Waals surface area (Å²) in [6, 6.07) is 0.427. The zero-order chi connectivity index (χ0) is 11.5. The summed E-state index contributed by atoms with van der Waals surface area (Å²) >= 11 is 0. The van der Waals surface area contributed by atoms with Gasteiger partial charge in [0.05, 0.1) is 12.0 Å². The van der Waals surface area contributed by atoms with Gasteiger partial charge in [-0.15, -0.1) is 12.4 Å². The molecule has 1 aliphatic carbocycles. The normalized spacial score (nSPS) is 28.4. The predicted molar refractivity (Wildman–Crippen MR) is 69.4 cm³/mol. The van der Waals surface area contributed by atoms with Crippen molar-refractivity contribution in [1.82, 2.24) is 10.2 Å². The zero-order valence-corrected chi connectivity index (χ0v) is 11.5. The van der Waals surface area contributed by atoms with Gasteiger partial charge in [0.15, 0.2) is 0 Å². The molecular formula is C12H23ClN2O2. The Morgan fingerprint density at radius 3 is 2.65 bits per heavy atom. The Hall–Kier alpha value is -0.320. The van der Waals surface area contributed by atoms with Crippen LogP contribution in [0.1, 0.15) is 26.2 Å². The number of nitrogens with zero attached hydrogens (tertiary/aromatic N) is 1. The van der Waals surface area contributed by atoms with Gasteiger partial charge < -0.3 is 15.0 Å². The Morgan fingerprint density at radius 1 is 1.41 bits per heavy atom. The third-order valence-electron chi connectivity index (χ3n) is 3.63. The van der Waals surface area contributed by atoms with Crippen LogP contribution in [-0.4, -0.2) is 49.7 Å². The maximum absolute atomic E-state index is 12.1. The van der Waals surface area contributed by atoms with Gasteiger partial charge >= 0.3 is 0 Å². The quantitative estimate of drug-likeness (QED) is 0.823. The highest BCUT2D eigenvalue weighted by Crippen LogP contribution is 2.35. The van der Waals surface area contributed by atoms with Gasteiger partial charge in [-0.25, -0.2) is 0 Å². The highest BCUT2D eigenvalue weighted by atomic mass is 35.5. The van der Waals surface area contributed by atoms with Crippen molar-refractivity contribution in [2.24, 2.45) is 5.92 Å². The van der Waals surface area contributed by atoms with Crippen molar-refractivity contribution in [3.8, 4) is 0 Å². The summed E-state index contributed by atoms with van der Waals surface area (Å²) in [5.74, 6) is 0.421. The van der Waals surface area contributed by atoms with E-state index in [1.807, 2.05) is 18.9 Å². The Labute approximate surface area is 109 Å². The second-order valence-corrected chi connectivity index (χ2v) is 4.77. The zero-order valence-electron chi connectivity index (χ0n) is 10.6. The van der Waals surface area contributed by atoms with E-state index < -0.39 is 0 Å². The molecule has 5 heteroatoms. The Balaban J connectivity index is 0.00000144. The van der Waals surface area contributed by atoms with E-state index in [0.29, 0.717) is 12.6 Å². The van der Waals surface area contributed by atoms with Gasteiger partial charge in [-0.1, -0.05) is 0 Å². The van der Waals surface area contributed by atoms with Gasteiger partial charge in [-0.05, 0) is 39.3 Å². The van der Waals surface area contributed by atoms with Crippen molar-refractivity contribution in [2.45, 2.75) is 38.3 Å². The van der Waals surface area contributed by atoms with Gasteiger partial charge in [0.2, 0.25) is 5.91 Å². The summed E-state index contributed by atoms with van der Waals surface area (Å²) in [5.41, 5.74) is 0. The topological polar surface area (TPSA) is 41.6 Å². The number of halogens is 1. The highest BCUT2D eigenvalue weighted by molar-refractivity contribution is 5.85. The van der Waals surface area contributed by atoms with Crippen LogP contribution in [-0.2, 0) is 9.53 Å². The van der Waals surface area contributed by atoms with Crippen LogP contribution in [0.3, 0.4) is 0 Å². The van der Waals surface area contributed by atoms with E-state index in [-0.39, 0.29) is 30.3 Å². The van der Waals surface area contributed by atoms with Gasteiger partial charge in [-0.2, -0.15) is 0 Å². The molecule has 1 saturated carbocycles. The first-order valence-electron chi connectivity index (χ1n) is 6.33.